The van der Waals surface area contributed by atoms with Gasteiger partial charge in [0.2, 0.25) is 0 Å². The Morgan fingerprint density at radius 2 is 1.91 bits per heavy atom. The molecule has 0 atom stereocenters. The van der Waals surface area contributed by atoms with Gasteiger partial charge in [-0.25, -0.2) is 9.59 Å². The van der Waals surface area contributed by atoms with Crippen LogP contribution in [0.4, 0.5) is 0 Å². The zero-order valence-corrected chi connectivity index (χ0v) is 12.2. The molecule has 0 fully saturated rings. The third-order valence-electron chi connectivity index (χ3n) is 2.99. The molecule has 1 heterocycles. The van der Waals surface area contributed by atoms with Gasteiger partial charge in [0, 0.05) is 5.69 Å². The molecule has 114 valence electrons. The third kappa shape index (κ3) is 3.60. The van der Waals surface area contributed by atoms with Crippen LogP contribution in [0.15, 0.2) is 41.2 Å². The van der Waals surface area contributed by atoms with Gasteiger partial charge < -0.3 is 14.5 Å². The minimum Gasteiger partial charge on any atom is -0.465 e. The fourth-order valence-electron chi connectivity index (χ4n) is 1.87. The van der Waals surface area contributed by atoms with Gasteiger partial charge in [0.05, 0.1) is 12.7 Å². The van der Waals surface area contributed by atoms with Crippen molar-refractivity contribution in [2.45, 2.75) is 13.5 Å². The molecular formula is C16H15NO5. The average molecular weight is 301 g/mol. The number of hydrogen-bond donors (Lipinski definition) is 1. The first kappa shape index (κ1) is 15.5. The van der Waals surface area contributed by atoms with Crippen LogP contribution in [0.1, 0.15) is 32.0 Å². The molecule has 6 nitrogen and oxygen atoms in total. The van der Waals surface area contributed by atoms with Gasteiger partial charge in [0.15, 0.2) is 0 Å². The summed E-state index contributed by atoms with van der Waals surface area (Å²) in [5, 5.41) is 0. The second-order valence-corrected chi connectivity index (χ2v) is 4.65. The molecule has 2 rings (SSSR count). The molecule has 0 bridgehead atoms. The number of hydrogen-bond acceptors (Lipinski definition) is 5. The molecule has 1 N–H and O–H groups in total. The number of ether oxygens (including phenoxy) is 2. The number of aryl methyl sites for hydroxylation is 1. The molecule has 0 unspecified atom stereocenters. The summed E-state index contributed by atoms with van der Waals surface area (Å²) in [6.07, 6.45) is 0. The zero-order valence-electron chi connectivity index (χ0n) is 12.2. The predicted molar refractivity (Wildman–Crippen MR) is 78.7 cm³/mol. The lowest BCUT2D eigenvalue weighted by Crippen LogP contribution is -2.20. The Labute approximate surface area is 126 Å². The van der Waals surface area contributed by atoms with Crippen molar-refractivity contribution >= 4 is 11.9 Å². The maximum Gasteiger partial charge on any atom is 0.344 e. The van der Waals surface area contributed by atoms with Crippen molar-refractivity contribution in [1.29, 1.82) is 0 Å². The second kappa shape index (κ2) is 6.71. The third-order valence-corrected chi connectivity index (χ3v) is 2.99. The fourth-order valence-corrected chi connectivity index (χ4v) is 1.87. The Morgan fingerprint density at radius 3 is 2.59 bits per heavy atom. The van der Waals surface area contributed by atoms with Crippen molar-refractivity contribution in [3.05, 3.63) is 69.1 Å². The molecule has 0 spiro atoms. The van der Waals surface area contributed by atoms with Gasteiger partial charge in [0.25, 0.3) is 5.56 Å². The molecule has 0 aliphatic rings. The SMILES string of the molecule is COC(=O)c1cccc(COC(=O)c2ccc(C)[nH]c2=O)c1. The monoisotopic (exact) mass is 301 g/mol. The van der Waals surface area contributed by atoms with Crippen LogP contribution in [0, 0.1) is 6.92 Å². The number of rotatable bonds is 4. The van der Waals surface area contributed by atoms with E-state index in [0.29, 0.717) is 16.8 Å². The zero-order chi connectivity index (χ0) is 16.1. The number of nitrogens with one attached hydrogen (secondary N) is 1. The number of aromatic amines is 1. The Bertz CT molecular complexity index is 763. The molecule has 1 aromatic carbocycles. The summed E-state index contributed by atoms with van der Waals surface area (Å²) < 4.78 is 9.71. The number of aromatic nitrogens is 1. The first-order valence-electron chi connectivity index (χ1n) is 6.55. The van der Waals surface area contributed by atoms with E-state index in [9.17, 15) is 14.4 Å². The van der Waals surface area contributed by atoms with E-state index in [1.54, 1.807) is 37.3 Å². The summed E-state index contributed by atoms with van der Waals surface area (Å²) in [5.74, 6) is -1.19. The molecule has 0 radical (unpaired) electrons. The van der Waals surface area contributed by atoms with E-state index < -0.39 is 17.5 Å². The van der Waals surface area contributed by atoms with Crippen LogP contribution < -0.4 is 5.56 Å². The van der Waals surface area contributed by atoms with E-state index in [-0.39, 0.29) is 12.2 Å². The largest absolute Gasteiger partial charge is 0.465 e. The van der Waals surface area contributed by atoms with Gasteiger partial charge in [-0.15, -0.1) is 0 Å². The van der Waals surface area contributed by atoms with Crippen molar-refractivity contribution < 1.29 is 19.1 Å². The van der Waals surface area contributed by atoms with Crippen molar-refractivity contribution in [2.24, 2.45) is 0 Å². The van der Waals surface area contributed by atoms with E-state index in [1.165, 1.54) is 13.2 Å². The van der Waals surface area contributed by atoms with Crippen LogP contribution in [0.25, 0.3) is 0 Å². The number of esters is 2. The van der Waals surface area contributed by atoms with Gasteiger partial charge in [-0.05, 0) is 36.8 Å². The van der Waals surface area contributed by atoms with Crippen molar-refractivity contribution in [1.82, 2.24) is 4.98 Å². The van der Waals surface area contributed by atoms with Crippen molar-refractivity contribution in [2.75, 3.05) is 7.11 Å². The Hall–Kier alpha value is -2.89. The summed E-state index contributed by atoms with van der Waals surface area (Å²) in [4.78, 5) is 37.5. The summed E-state index contributed by atoms with van der Waals surface area (Å²) in [6, 6.07) is 9.57. The number of methoxy groups -OCH3 is 1. The molecule has 2 aromatic rings. The molecule has 22 heavy (non-hydrogen) atoms. The molecule has 0 saturated carbocycles. The van der Waals surface area contributed by atoms with Gasteiger partial charge in [-0.2, -0.15) is 0 Å². The van der Waals surface area contributed by atoms with Crippen LogP contribution in [-0.4, -0.2) is 24.0 Å². The lowest BCUT2D eigenvalue weighted by atomic mass is 10.1. The van der Waals surface area contributed by atoms with Crippen LogP contribution in [0.3, 0.4) is 0 Å². The lowest BCUT2D eigenvalue weighted by molar-refractivity contribution is 0.0470. The maximum atomic E-state index is 11.9. The molecule has 0 aliphatic heterocycles. The number of H-pyrrole nitrogens is 1. The number of carbonyl (C=O) groups is 2. The Morgan fingerprint density at radius 1 is 1.14 bits per heavy atom. The summed E-state index contributed by atoms with van der Waals surface area (Å²) in [6.45, 7) is 1.67. The molecular weight excluding hydrogens is 286 g/mol. The van der Waals surface area contributed by atoms with Crippen LogP contribution >= 0.6 is 0 Å². The molecule has 0 aliphatic carbocycles. The second-order valence-electron chi connectivity index (χ2n) is 4.65. The quantitative estimate of drug-likeness (QED) is 0.871. The highest BCUT2D eigenvalue weighted by molar-refractivity contribution is 5.90. The minimum absolute atomic E-state index is 0.0447. The highest BCUT2D eigenvalue weighted by atomic mass is 16.5. The van der Waals surface area contributed by atoms with E-state index in [0.717, 1.165) is 0 Å². The smallest absolute Gasteiger partial charge is 0.344 e. The van der Waals surface area contributed by atoms with Crippen LogP contribution in [0.2, 0.25) is 0 Å². The highest BCUT2D eigenvalue weighted by Gasteiger charge is 2.12. The fraction of sp³-hybridized carbons (Fsp3) is 0.188. The lowest BCUT2D eigenvalue weighted by Gasteiger charge is -2.06. The van der Waals surface area contributed by atoms with Crippen molar-refractivity contribution in [3.63, 3.8) is 0 Å². The average Bonchev–Trinajstić information content (AvgIpc) is 2.52. The van der Waals surface area contributed by atoms with E-state index in [2.05, 4.69) is 9.72 Å². The number of benzene rings is 1. The van der Waals surface area contributed by atoms with E-state index in [4.69, 9.17) is 4.74 Å². The summed E-state index contributed by atoms with van der Waals surface area (Å²) in [7, 11) is 1.29. The Balaban J connectivity index is 2.08. The first-order valence-corrected chi connectivity index (χ1v) is 6.55. The van der Waals surface area contributed by atoms with Gasteiger partial charge in [-0.3, -0.25) is 4.79 Å². The predicted octanol–water partition coefficient (Wildman–Crippen LogP) is 1.83. The minimum atomic E-state index is -0.718. The summed E-state index contributed by atoms with van der Waals surface area (Å²) in [5.41, 5.74) is 1.10. The molecule has 0 saturated heterocycles. The van der Waals surface area contributed by atoms with Gasteiger partial charge >= 0.3 is 11.9 Å². The van der Waals surface area contributed by atoms with E-state index in [1.807, 2.05) is 0 Å². The summed E-state index contributed by atoms with van der Waals surface area (Å²) >= 11 is 0. The number of carbonyl (C=O) groups excluding carboxylic acids is 2. The molecule has 6 heteroatoms. The normalized spacial score (nSPS) is 10.1. The van der Waals surface area contributed by atoms with Crippen LogP contribution in [-0.2, 0) is 16.1 Å². The maximum absolute atomic E-state index is 11.9. The van der Waals surface area contributed by atoms with Crippen molar-refractivity contribution in [3.8, 4) is 0 Å². The van der Waals surface area contributed by atoms with Gasteiger partial charge in [0.1, 0.15) is 12.2 Å². The molecule has 1 aromatic heterocycles. The molecule has 0 amide bonds. The highest BCUT2D eigenvalue weighted by Crippen LogP contribution is 2.09. The first-order chi connectivity index (χ1) is 10.5. The number of pyridine rings is 1. The standard InChI is InChI=1S/C16H15NO5/c1-10-6-7-13(14(18)17-10)16(20)22-9-11-4-3-5-12(8-11)15(19)21-2/h3-8H,9H2,1-2H3,(H,17,18). The Kier molecular flexibility index (Phi) is 4.73. The topological polar surface area (TPSA) is 85.5 Å². The van der Waals surface area contributed by atoms with Crippen LogP contribution in [0.5, 0.6) is 0 Å². The van der Waals surface area contributed by atoms with Gasteiger partial charge in [-0.1, -0.05) is 12.1 Å². The van der Waals surface area contributed by atoms with E-state index >= 15 is 0 Å².